The summed E-state index contributed by atoms with van der Waals surface area (Å²) in [6, 6.07) is 84.5. The number of anilines is 6. The Kier molecular flexibility index (Phi) is 8.42. The number of nitrogens with zero attached hydrogens (tertiary/aromatic N) is 2. The van der Waals surface area contributed by atoms with E-state index in [1.165, 1.54) is 55.6 Å². The summed E-state index contributed by atoms with van der Waals surface area (Å²) in [6.45, 7) is 4.77. The number of benzene rings is 9. The first kappa shape index (κ1) is 35.7. The van der Waals surface area contributed by atoms with Crippen molar-refractivity contribution in [2.24, 2.45) is 0 Å². The van der Waals surface area contributed by atoms with Crippen molar-refractivity contribution in [1.29, 1.82) is 0 Å². The van der Waals surface area contributed by atoms with Gasteiger partial charge in [-0.25, -0.2) is 0 Å². The molecule has 0 heterocycles. The molecule has 2 aliphatic carbocycles. The lowest BCUT2D eigenvalue weighted by Crippen LogP contribution is -2.40. The molecule has 9 aromatic rings. The van der Waals surface area contributed by atoms with Crippen molar-refractivity contribution in [2.45, 2.75) is 24.7 Å². The molecule has 0 amide bonds. The molecule has 0 N–H and O–H groups in total. The highest BCUT2D eigenvalue weighted by atomic mass is 15.2. The molecule has 0 unspecified atom stereocenters. The molecule has 60 heavy (non-hydrogen) atoms. The van der Waals surface area contributed by atoms with E-state index in [1.807, 2.05) is 0 Å². The van der Waals surface area contributed by atoms with Gasteiger partial charge in [0.15, 0.2) is 0 Å². The second kappa shape index (κ2) is 14.1. The van der Waals surface area contributed by atoms with Crippen LogP contribution in [0.3, 0.4) is 0 Å². The van der Waals surface area contributed by atoms with Crippen LogP contribution in [0.4, 0.5) is 34.1 Å². The summed E-state index contributed by atoms with van der Waals surface area (Å²) in [6.07, 6.45) is 0. The lowest BCUT2D eigenvalue weighted by atomic mass is 9.55. The van der Waals surface area contributed by atoms with Gasteiger partial charge in [0.1, 0.15) is 0 Å². The van der Waals surface area contributed by atoms with Crippen molar-refractivity contribution in [1.82, 2.24) is 0 Å². The summed E-state index contributed by atoms with van der Waals surface area (Å²) < 4.78 is 0. The zero-order chi connectivity index (χ0) is 40.3. The monoisotopic (exact) mass is 768 g/mol. The molecule has 1 spiro atoms. The molecular formula is C58H44N2. The van der Waals surface area contributed by atoms with Crippen LogP contribution in [0.25, 0.3) is 22.3 Å². The Balaban J connectivity index is 1.06. The van der Waals surface area contributed by atoms with E-state index in [0.717, 1.165) is 34.1 Å². The maximum absolute atomic E-state index is 2.48. The van der Waals surface area contributed by atoms with Gasteiger partial charge in [-0.15, -0.1) is 0 Å². The Morgan fingerprint density at radius 1 is 0.267 bits per heavy atom. The normalized spacial score (nSPS) is 13.8. The third-order valence-electron chi connectivity index (χ3n) is 12.9. The Bertz CT molecular complexity index is 2940. The lowest BCUT2D eigenvalue weighted by Gasteiger charge is -2.46. The van der Waals surface area contributed by atoms with Crippen molar-refractivity contribution in [2.75, 3.05) is 9.80 Å². The van der Waals surface area contributed by atoms with Crippen LogP contribution in [0.1, 0.15) is 47.2 Å². The van der Waals surface area contributed by atoms with Crippen LogP contribution < -0.4 is 9.80 Å². The van der Waals surface area contributed by atoms with E-state index in [4.69, 9.17) is 0 Å². The molecule has 0 atom stereocenters. The highest BCUT2D eigenvalue weighted by molar-refractivity contribution is 5.91. The van der Waals surface area contributed by atoms with E-state index in [0.29, 0.717) is 0 Å². The molecule has 2 aliphatic rings. The first-order valence-electron chi connectivity index (χ1n) is 20.9. The van der Waals surface area contributed by atoms with Crippen LogP contribution in [-0.2, 0) is 10.8 Å². The quantitative estimate of drug-likeness (QED) is 0.159. The molecule has 0 saturated carbocycles. The predicted molar refractivity (Wildman–Crippen MR) is 251 cm³/mol. The number of para-hydroxylation sites is 2. The van der Waals surface area contributed by atoms with Crippen LogP contribution in [0.15, 0.2) is 231 Å². The molecular weight excluding hydrogens is 725 g/mol. The Hall–Kier alpha value is -7.42. The second-order valence-corrected chi connectivity index (χ2v) is 16.5. The van der Waals surface area contributed by atoms with Crippen molar-refractivity contribution >= 4 is 34.1 Å². The topological polar surface area (TPSA) is 6.48 Å². The molecule has 9 aromatic carbocycles. The van der Waals surface area contributed by atoms with Crippen molar-refractivity contribution in [3.05, 3.63) is 264 Å². The largest absolute Gasteiger partial charge is 0.311 e. The number of hydrogen-bond acceptors (Lipinski definition) is 2. The Morgan fingerprint density at radius 2 is 0.617 bits per heavy atom. The highest BCUT2D eigenvalue weighted by Gasteiger charge is 2.53. The zero-order valence-corrected chi connectivity index (χ0v) is 33.8. The van der Waals surface area contributed by atoms with E-state index in [2.05, 4.69) is 254 Å². The molecule has 0 fully saturated rings. The van der Waals surface area contributed by atoms with Gasteiger partial charge in [0.05, 0.1) is 5.41 Å². The molecule has 2 nitrogen and oxygen atoms in total. The molecule has 0 bridgehead atoms. The third-order valence-corrected chi connectivity index (χ3v) is 12.9. The summed E-state index contributed by atoms with van der Waals surface area (Å²) >= 11 is 0. The fourth-order valence-corrected chi connectivity index (χ4v) is 10.2. The van der Waals surface area contributed by atoms with E-state index in [-0.39, 0.29) is 5.41 Å². The van der Waals surface area contributed by atoms with Gasteiger partial charge in [-0.05, 0) is 128 Å². The van der Waals surface area contributed by atoms with Gasteiger partial charge in [0.25, 0.3) is 0 Å². The summed E-state index contributed by atoms with van der Waals surface area (Å²) in [5, 5.41) is 0. The number of hydrogen-bond donors (Lipinski definition) is 0. The van der Waals surface area contributed by atoms with Gasteiger partial charge in [0.2, 0.25) is 0 Å². The standard InChI is InChI=1S/C58H44N2/c1-57(2)52-26-14-16-28-54(52)58(55-29-17-15-27-53(55)57)51-25-13-12-24-49(51)50-39-38-48(40-56(50)58)60(44-22-10-5-11-23-44)47-36-34-46(35-37-47)59(43-20-8-4-9-21-43)45-32-30-42(31-33-45)41-18-6-3-7-19-41/h3-40H,1-2H3. The number of fused-ring (bicyclic) bond motifs is 9. The van der Waals surface area contributed by atoms with E-state index in [9.17, 15) is 0 Å². The minimum absolute atomic E-state index is 0.150. The fourth-order valence-electron chi connectivity index (χ4n) is 10.2. The fraction of sp³-hybridized carbons (Fsp3) is 0.0690. The third kappa shape index (κ3) is 5.48. The summed E-state index contributed by atoms with van der Waals surface area (Å²) in [5.74, 6) is 0. The summed E-state index contributed by atoms with van der Waals surface area (Å²) in [5.41, 5.74) is 19.2. The maximum atomic E-state index is 2.48. The second-order valence-electron chi connectivity index (χ2n) is 16.5. The van der Waals surface area contributed by atoms with Crippen LogP contribution in [0.2, 0.25) is 0 Å². The van der Waals surface area contributed by atoms with Gasteiger partial charge in [-0.2, -0.15) is 0 Å². The van der Waals surface area contributed by atoms with Crippen molar-refractivity contribution < 1.29 is 0 Å². The SMILES string of the molecule is CC1(C)c2ccccc2C2(c3ccccc3-c3ccc(N(c4ccccc4)c4ccc(N(c5ccccc5)c5ccc(-c6ccccc6)cc5)cc4)cc32)c2ccccc21. The van der Waals surface area contributed by atoms with Gasteiger partial charge < -0.3 is 9.80 Å². The molecule has 286 valence electrons. The zero-order valence-electron chi connectivity index (χ0n) is 33.8. The van der Waals surface area contributed by atoms with Crippen LogP contribution in [-0.4, -0.2) is 0 Å². The first-order chi connectivity index (χ1) is 29.5. The predicted octanol–water partition coefficient (Wildman–Crippen LogP) is 15.3. The minimum atomic E-state index is -0.469. The first-order valence-corrected chi connectivity index (χ1v) is 20.9. The number of rotatable bonds is 7. The molecule has 0 aromatic heterocycles. The minimum Gasteiger partial charge on any atom is -0.311 e. The van der Waals surface area contributed by atoms with Gasteiger partial charge in [-0.1, -0.05) is 172 Å². The Labute approximate surface area is 353 Å². The van der Waals surface area contributed by atoms with E-state index < -0.39 is 5.41 Å². The van der Waals surface area contributed by atoms with Crippen LogP contribution in [0.5, 0.6) is 0 Å². The molecule has 2 heteroatoms. The lowest BCUT2D eigenvalue weighted by molar-refractivity contribution is 0.563. The highest BCUT2D eigenvalue weighted by Crippen LogP contribution is 2.62. The average molecular weight is 769 g/mol. The van der Waals surface area contributed by atoms with Gasteiger partial charge in [-0.3, -0.25) is 0 Å². The summed E-state index contributed by atoms with van der Waals surface area (Å²) in [4.78, 5) is 4.74. The smallest absolute Gasteiger partial charge is 0.0720 e. The van der Waals surface area contributed by atoms with Gasteiger partial charge in [0, 0.05) is 39.5 Å². The van der Waals surface area contributed by atoms with Crippen LogP contribution in [0, 0.1) is 0 Å². The Morgan fingerprint density at radius 3 is 1.15 bits per heavy atom. The molecule has 0 radical (unpaired) electrons. The van der Waals surface area contributed by atoms with Crippen LogP contribution >= 0.6 is 0 Å². The molecule has 0 aliphatic heterocycles. The summed E-state index contributed by atoms with van der Waals surface area (Å²) in [7, 11) is 0. The van der Waals surface area contributed by atoms with E-state index >= 15 is 0 Å². The van der Waals surface area contributed by atoms with Crippen molar-refractivity contribution in [3.63, 3.8) is 0 Å². The van der Waals surface area contributed by atoms with Crippen molar-refractivity contribution in [3.8, 4) is 22.3 Å². The van der Waals surface area contributed by atoms with Gasteiger partial charge >= 0.3 is 0 Å². The molecule has 0 saturated heterocycles. The molecule has 11 rings (SSSR count). The van der Waals surface area contributed by atoms with E-state index in [1.54, 1.807) is 0 Å². The average Bonchev–Trinajstić information content (AvgIpc) is 3.60. The maximum Gasteiger partial charge on any atom is 0.0720 e.